The normalized spacial score (nSPS) is 19.1. The summed E-state index contributed by atoms with van der Waals surface area (Å²) in [5.74, 6) is 0. The Morgan fingerprint density at radius 2 is 1.93 bits per heavy atom. The summed E-state index contributed by atoms with van der Waals surface area (Å²) < 4.78 is 0. The molecule has 0 aromatic carbocycles. The molecule has 1 saturated carbocycles. The third-order valence-corrected chi connectivity index (χ3v) is 3.92. The van der Waals surface area contributed by atoms with Gasteiger partial charge in [0.05, 0.1) is 0 Å². The van der Waals surface area contributed by atoms with E-state index < -0.39 is 0 Å². The number of nitrogens with zero attached hydrogens (tertiary/aromatic N) is 2. The van der Waals surface area contributed by atoms with Crippen LogP contribution in [0.15, 0.2) is 0 Å². The van der Waals surface area contributed by atoms with E-state index in [9.17, 15) is 4.79 Å². The lowest BCUT2D eigenvalue weighted by atomic mass is 9.72. The maximum atomic E-state index is 10.5. The van der Waals surface area contributed by atoms with E-state index in [1.165, 1.54) is 19.3 Å². The summed E-state index contributed by atoms with van der Waals surface area (Å²) in [4.78, 5) is 14.8. The quantitative estimate of drug-likeness (QED) is 0.626. The van der Waals surface area contributed by atoms with Crippen molar-refractivity contribution in [1.29, 1.82) is 0 Å². The van der Waals surface area contributed by atoms with Crippen LogP contribution in [0.3, 0.4) is 0 Å². The van der Waals surface area contributed by atoms with Crippen LogP contribution < -0.4 is 0 Å². The Balaban J connectivity index is 2.49. The molecule has 0 saturated heterocycles. The largest absolute Gasteiger partial charge is 0.348 e. The summed E-state index contributed by atoms with van der Waals surface area (Å²) in [5, 5.41) is 0. The monoisotopic (exact) mass is 212 g/mol. The molecule has 0 bridgehead atoms. The first kappa shape index (κ1) is 12.5. The third-order valence-electron chi connectivity index (χ3n) is 3.92. The second-order valence-corrected chi connectivity index (χ2v) is 5.12. The van der Waals surface area contributed by atoms with Crippen molar-refractivity contribution in [2.24, 2.45) is 0 Å². The van der Waals surface area contributed by atoms with E-state index in [0.717, 1.165) is 19.4 Å². The van der Waals surface area contributed by atoms with E-state index in [0.29, 0.717) is 11.6 Å². The summed E-state index contributed by atoms with van der Waals surface area (Å²) in [6, 6.07) is 0.590. The predicted molar refractivity (Wildman–Crippen MR) is 62.8 cm³/mol. The van der Waals surface area contributed by atoms with E-state index in [4.69, 9.17) is 0 Å². The van der Waals surface area contributed by atoms with E-state index in [-0.39, 0.29) is 0 Å². The molecule has 0 N–H and O–H groups in total. The third kappa shape index (κ3) is 2.71. The van der Waals surface area contributed by atoms with Gasteiger partial charge in [-0.2, -0.15) is 0 Å². The van der Waals surface area contributed by atoms with Gasteiger partial charge in [0.1, 0.15) is 0 Å². The van der Waals surface area contributed by atoms with Gasteiger partial charge in [0.25, 0.3) is 0 Å². The first-order chi connectivity index (χ1) is 7.02. The molecule has 1 amide bonds. The highest BCUT2D eigenvalue weighted by atomic mass is 16.1. The van der Waals surface area contributed by atoms with Gasteiger partial charge in [-0.3, -0.25) is 9.69 Å². The zero-order chi connectivity index (χ0) is 11.5. The van der Waals surface area contributed by atoms with Gasteiger partial charge in [-0.1, -0.05) is 0 Å². The number of rotatable bonds is 6. The Morgan fingerprint density at radius 3 is 2.27 bits per heavy atom. The molecule has 0 aromatic rings. The predicted octanol–water partition coefficient (Wildman–Crippen LogP) is 1.73. The fourth-order valence-electron chi connectivity index (χ4n) is 2.35. The van der Waals surface area contributed by atoms with Gasteiger partial charge >= 0.3 is 0 Å². The summed E-state index contributed by atoms with van der Waals surface area (Å²) in [5.41, 5.74) is 0.367. The molecule has 1 rings (SSSR count). The van der Waals surface area contributed by atoms with Crippen LogP contribution >= 0.6 is 0 Å². The van der Waals surface area contributed by atoms with Crippen LogP contribution in [0.1, 0.15) is 39.5 Å². The number of carbonyl (C=O) groups is 1. The Labute approximate surface area is 93.4 Å². The Hall–Kier alpha value is -0.570. The SMILES string of the molecule is CC(C)N(C)C1(CCN(C)C=O)CCC1. The highest BCUT2D eigenvalue weighted by Crippen LogP contribution is 2.40. The number of hydrogen-bond donors (Lipinski definition) is 0. The Morgan fingerprint density at radius 1 is 1.33 bits per heavy atom. The molecule has 0 unspecified atom stereocenters. The number of amides is 1. The van der Waals surface area contributed by atoms with Crippen LogP contribution in [-0.2, 0) is 4.79 Å². The molecule has 0 spiro atoms. The van der Waals surface area contributed by atoms with E-state index in [1.54, 1.807) is 4.90 Å². The van der Waals surface area contributed by atoms with E-state index >= 15 is 0 Å². The molecular weight excluding hydrogens is 188 g/mol. The zero-order valence-corrected chi connectivity index (χ0v) is 10.5. The number of hydrogen-bond acceptors (Lipinski definition) is 2. The summed E-state index contributed by atoms with van der Waals surface area (Å²) >= 11 is 0. The molecule has 1 aliphatic rings. The van der Waals surface area contributed by atoms with Gasteiger partial charge in [0.15, 0.2) is 0 Å². The van der Waals surface area contributed by atoms with Gasteiger partial charge in [-0.15, -0.1) is 0 Å². The minimum atomic E-state index is 0.367. The van der Waals surface area contributed by atoms with Crippen molar-refractivity contribution in [1.82, 2.24) is 9.80 Å². The zero-order valence-electron chi connectivity index (χ0n) is 10.5. The molecule has 1 fully saturated rings. The molecule has 3 heteroatoms. The van der Waals surface area contributed by atoms with Crippen LogP contribution in [0, 0.1) is 0 Å². The van der Waals surface area contributed by atoms with Crippen LogP contribution in [0.5, 0.6) is 0 Å². The van der Waals surface area contributed by atoms with Crippen molar-refractivity contribution >= 4 is 6.41 Å². The van der Waals surface area contributed by atoms with Crippen LogP contribution in [-0.4, -0.2) is 48.4 Å². The smallest absolute Gasteiger partial charge is 0.209 e. The molecule has 3 nitrogen and oxygen atoms in total. The van der Waals surface area contributed by atoms with E-state index in [1.807, 2.05) is 7.05 Å². The van der Waals surface area contributed by atoms with Crippen LogP contribution in [0.4, 0.5) is 0 Å². The van der Waals surface area contributed by atoms with Gasteiger partial charge in [0.2, 0.25) is 6.41 Å². The minimum Gasteiger partial charge on any atom is -0.348 e. The second-order valence-electron chi connectivity index (χ2n) is 5.12. The van der Waals surface area contributed by atoms with Crippen molar-refractivity contribution in [2.75, 3.05) is 20.6 Å². The topological polar surface area (TPSA) is 23.6 Å². The van der Waals surface area contributed by atoms with Crippen LogP contribution in [0.25, 0.3) is 0 Å². The first-order valence-corrected chi connectivity index (χ1v) is 5.90. The van der Waals surface area contributed by atoms with Crippen molar-refractivity contribution in [3.8, 4) is 0 Å². The summed E-state index contributed by atoms with van der Waals surface area (Å²) in [6.07, 6.45) is 5.93. The van der Waals surface area contributed by atoms with Gasteiger partial charge < -0.3 is 4.90 Å². The molecule has 0 radical (unpaired) electrons. The lowest BCUT2D eigenvalue weighted by Crippen LogP contribution is -2.55. The average Bonchev–Trinajstić information content (AvgIpc) is 2.15. The molecule has 0 aromatic heterocycles. The molecule has 0 aliphatic heterocycles. The highest BCUT2D eigenvalue weighted by Gasteiger charge is 2.41. The van der Waals surface area contributed by atoms with Crippen molar-refractivity contribution < 1.29 is 4.79 Å². The van der Waals surface area contributed by atoms with Gasteiger partial charge in [0, 0.05) is 25.2 Å². The molecule has 1 aliphatic carbocycles. The molecule has 88 valence electrons. The lowest BCUT2D eigenvalue weighted by molar-refractivity contribution is -0.117. The lowest BCUT2D eigenvalue weighted by Gasteiger charge is -2.51. The van der Waals surface area contributed by atoms with Crippen molar-refractivity contribution in [3.05, 3.63) is 0 Å². The summed E-state index contributed by atoms with van der Waals surface area (Å²) in [6.45, 7) is 5.35. The van der Waals surface area contributed by atoms with Crippen molar-refractivity contribution in [2.45, 2.75) is 51.1 Å². The molecular formula is C12H24N2O. The maximum Gasteiger partial charge on any atom is 0.209 e. The fraction of sp³-hybridized carbons (Fsp3) is 0.917. The van der Waals surface area contributed by atoms with E-state index in [2.05, 4.69) is 25.8 Å². The highest BCUT2D eigenvalue weighted by molar-refractivity contribution is 5.46. The summed E-state index contributed by atoms with van der Waals surface area (Å²) in [7, 11) is 4.07. The minimum absolute atomic E-state index is 0.367. The second kappa shape index (κ2) is 4.97. The van der Waals surface area contributed by atoms with Crippen LogP contribution in [0.2, 0.25) is 0 Å². The maximum absolute atomic E-state index is 10.5. The fourth-order valence-corrected chi connectivity index (χ4v) is 2.35. The van der Waals surface area contributed by atoms with Gasteiger partial charge in [-0.25, -0.2) is 0 Å². The average molecular weight is 212 g/mol. The standard InChI is InChI=1S/C12H24N2O/c1-11(2)14(4)12(6-5-7-12)8-9-13(3)10-15/h10-11H,5-9H2,1-4H3. The van der Waals surface area contributed by atoms with Crippen molar-refractivity contribution in [3.63, 3.8) is 0 Å². The molecule has 15 heavy (non-hydrogen) atoms. The molecule has 0 atom stereocenters. The first-order valence-electron chi connectivity index (χ1n) is 5.90. The number of carbonyl (C=O) groups excluding carboxylic acids is 1. The van der Waals surface area contributed by atoms with Gasteiger partial charge in [-0.05, 0) is 46.6 Å². The Bertz CT molecular complexity index is 212. The molecule has 0 heterocycles. The Kier molecular flexibility index (Phi) is 4.14.